The lowest BCUT2D eigenvalue weighted by molar-refractivity contribution is -0.140. The van der Waals surface area contributed by atoms with Crippen molar-refractivity contribution in [2.24, 2.45) is 52.3 Å². The predicted molar refractivity (Wildman–Crippen MR) is 114 cm³/mol. The average molecular weight is 393 g/mol. The Morgan fingerprint density at radius 2 is 1.61 bits per heavy atom. The van der Waals surface area contributed by atoms with Crippen LogP contribution < -0.4 is 0 Å². The Hall–Kier alpha value is -0.570. The zero-order chi connectivity index (χ0) is 20.7. The molecule has 0 heterocycles. The Bertz CT molecular complexity index is 560. The van der Waals surface area contributed by atoms with Crippen molar-refractivity contribution in [3.8, 4) is 0 Å². The molecule has 9 atom stereocenters. The highest BCUT2D eigenvalue weighted by molar-refractivity contribution is 5.67. The van der Waals surface area contributed by atoms with Crippen molar-refractivity contribution in [1.29, 1.82) is 0 Å². The quantitative estimate of drug-likeness (QED) is 0.619. The normalized spacial score (nSPS) is 48.4. The third-order valence-corrected chi connectivity index (χ3v) is 10.2. The molecule has 0 saturated heterocycles. The third kappa shape index (κ3) is 3.55. The number of aliphatic hydroxyl groups is 1. The van der Waals surface area contributed by atoms with Crippen LogP contribution in [0.3, 0.4) is 0 Å². The second-order valence-electron chi connectivity index (χ2n) is 11.3. The van der Waals surface area contributed by atoms with Gasteiger partial charge >= 0.3 is 5.97 Å². The molecule has 0 bridgehead atoms. The van der Waals surface area contributed by atoms with Gasteiger partial charge in [0.1, 0.15) is 0 Å². The van der Waals surface area contributed by atoms with Crippen molar-refractivity contribution in [2.45, 2.75) is 91.9 Å². The minimum Gasteiger partial charge on any atom is -0.481 e. The van der Waals surface area contributed by atoms with E-state index in [9.17, 15) is 9.90 Å². The number of carboxylic acid groups (broad SMARTS) is 1. The van der Waals surface area contributed by atoms with Crippen molar-refractivity contribution in [2.75, 3.05) is 7.11 Å². The lowest BCUT2D eigenvalue weighted by Crippen LogP contribution is -2.53. The minimum absolute atomic E-state index is 0.335. The molecule has 0 radical (unpaired) electrons. The largest absolute Gasteiger partial charge is 0.481 e. The molecule has 3 nitrogen and oxygen atoms in total. The van der Waals surface area contributed by atoms with Crippen LogP contribution in [-0.4, -0.2) is 23.3 Å². The van der Waals surface area contributed by atoms with Crippen LogP contribution in [0.4, 0.5) is 0 Å². The van der Waals surface area contributed by atoms with E-state index in [0.29, 0.717) is 29.1 Å². The summed E-state index contributed by atoms with van der Waals surface area (Å²) in [6.07, 6.45) is 13.1. The van der Waals surface area contributed by atoms with Gasteiger partial charge in [0.2, 0.25) is 0 Å². The van der Waals surface area contributed by atoms with E-state index in [1.165, 1.54) is 57.8 Å². The van der Waals surface area contributed by atoms with Crippen molar-refractivity contribution < 1.29 is 15.0 Å². The summed E-state index contributed by atoms with van der Waals surface area (Å²) >= 11 is 0. The smallest absolute Gasteiger partial charge is 0.303 e. The van der Waals surface area contributed by atoms with Crippen LogP contribution in [0.5, 0.6) is 0 Å². The number of carboxylic acids is 1. The van der Waals surface area contributed by atoms with E-state index < -0.39 is 5.97 Å². The third-order valence-electron chi connectivity index (χ3n) is 10.2. The van der Waals surface area contributed by atoms with E-state index in [0.717, 1.165) is 36.7 Å². The lowest BCUT2D eigenvalue weighted by Gasteiger charge is -2.61. The van der Waals surface area contributed by atoms with Gasteiger partial charge in [0, 0.05) is 13.5 Å². The molecule has 4 rings (SSSR count). The predicted octanol–water partition coefficient (Wildman–Crippen LogP) is 6.00. The molecule has 2 N–H and O–H groups in total. The van der Waals surface area contributed by atoms with Crippen LogP contribution in [0.15, 0.2) is 0 Å². The Kier molecular flexibility index (Phi) is 6.54. The molecule has 3 heteroatoms. The van der Waals surface area contributed by atoms with Crippen LogP contribution in [0, 0.1) is 52.3 Å². The first kappa shape index (κ1) is 22.1. The van der Waals surface area contributed by atoms with E-state index in [1.807, 2.05) is 0 Å². The highest BCUT2D eigenvalue weighted by Gasteiger charge is 2.60. The average Bonchev–Trinajstić information content (AvgIpc) is 3.01. The van der Waals surface area contributed by atoms with Crippen LogP contribution >= 0.6 is 0 Å². The summed E-state index contributed by atoms with van der Waals surface area (Å²) in [5, 5.41) is 16.3. The molecule has 0 spiro atoms. The zero-order valence-electron chi connectivity index (χ0n) is 18.9. The standard InChI is InChI=1S/C24H40O2.CH4O/c1-15-9-11-23(3)17(13-15)5-6-18-20-8-7-19(16(2)14-22(25)26)24(20,4)12-10-21(18)23;1-2/h15-21H,5-14H2,1-4H3,(H,25,26);2H,1H3. The maximum atomic E-state index is 11.3. The van der Waals surface area contributed by atoms with Crippen molar-refractivity contribution in [3.63, 3.8) is 0 Å². The first-order valence-electron chi connectivity index (χ1n) is 11.9. The van der Waals surface area contributed by atoms with Gasteiger partial charge in [-0.15, -0.1) is 0 Å². The van der Waals surface area contributed by atoms with Crippen LogP contribution in [-0.2, 0) is 4.79 Å². The number of aliphatic carboxylic acids is 1. The summed E-state index contributed by atoms with van der Waals surface area (Å²) in [6.45, 7) is 9.87. The monoisotopic (exact) mass is 392 g/mol. The summed E-state index contributed by atoms with van der Waals surface area (Å²) in [5.41, 5.74) is 1.00. The molecule has 9 unspecified atom stereocenters. The molecule has 0 aromatic rings. The fraction of sp³-hybridized carbons (Fsp3) is 0.960. The van der Waals surface area contributed by atoms with Crippen molar-refractivity contribution >= 4 is 5.97 Å². The molecular formula is C25H44O3. The number of rotatable bonds is 3. The van der Waals surface area contributed by atoms with Gasteiger partial charge in [-0.2, -0.15) is 0 Å². The molecule has 0 aromatic carbocycles. The van der Waals surface area contributed by atoms with Crippen LogP contribution in [0.1, 0.15) is 91.9 Å². The van der Waals surface area contributed by atoms with Crippen LogP contribution in [0.2, 0.25) is 0 Å². The zero-order valence-corrected chi connectivity index (χ0v) is 18.9. The molecule has 4 aliphatic rings. The highest BCUT2D eigenvalue weighted by atomic mass is 16.4. The summed E-state index contributed by atoms with van der Waals surface area (Å²) in [6, 6.07) is 0. The van der Waals surface area contributed by atoms with E-state index >= 15 is 0 Å². The number of aliphatic hydroxyl groups excluding tert-OH is 1. The topological polar surface area (TPSA) is 57.5 Å². The van der Waals surface area contributed by atoms with Crippen molar-refractivity contribution in [3.05, 3.63) is 0 Å². The summed E-state index contributed by atoms with van der Waals surface area (Å²) in [5.74, 6) is 4.99. The highest BCUT2D eigenvalue weighted by Crippen LogP contribution is 2.68. The molecule has 4 aliphatic carbocycles. The summed E-state index contributed by atoms with van der Waals surface area (Å²) < 4.78 is 0. The fourth-order valence-electron chi connectivity index (χ4n) is 8.87. The van der Waals surface area contributed by atoms with Gasteiger partial charge in [0.25, 0.3) is 0 Å². The fourth-order valence-corrected chi connectivity index (χ4v) is 8.87. The van der Waals surface area contributed by atoms with Gasteiger partial charge in [-0.05, 0) is 104 Å². The van der Waals surface area contributed by atoms with Gasteiger partial charge in [-0.3, -0.25) is 4.79 Å². The Labute approximate surface area is 172 Å². The SMILES string of the molecule is CC1CCC2(C)C(CCC3C2CCC2(C)C(C(C)CC(=O)O)CCC32)C1.CO. The molecule has 0 aromatic heterocycles. The number of carbonyl (C=O) groups is 1. The van der Waals surface area contributed by atoms with Crippen molar-refractivity contribution in [1.82, 2.24) is 0 Å². The first-order chi connectivity index (χ1) is 13.3. The molecule has 28 heavy (non-hydrogen) atoms. The van der Waals surface area contributed by atoms with E-state index in [2.05, 4.69) is 27.7 Å². The van der Waals surface area contributed by atoms with Gasteiger partial charge in [0.15, 0.2) is 0 Å². The summed E-state index contributed by atoms with van der Waals surface area (Å²) in [7, 11) is 1.00. The number of hydrogen-bond acceptors (Lipinski definition) is 2. The maximum Gasteiger partial charge on any atom is 0.303 e. The molecular weight excluding hydrogens is 348 g/mol. The minimum atomic E-state index is -0.609. The van der Waals surface area contributed by atoms with Gasteiger partial charge in [0.05, 0.1) is 0 Å². The molecule has 4 fully saturated rings. The molecule has 0 amide bonds. The first-order valence-corrected chi connectivity index (χ1v) is 11.9. The molecule has 0 aliphatic heterocycles. The van der Waals surface area contributed by atoms with Gasteiger partial charge in [-0.1, -0.05) is 34.1 Å². The van der Waals surface area contributed by atoms with E-state index in [1.54, 1.807) is 0 Å². The van der Waals surface area contributed by atoms with Gasteiger partial charge in [-0.25, -0.2) is 0 Å². The van der Waals surface area contributed by atoms with Gasteiger partial charge < -0.3 is 10.2 Å². The molecule has 162 valence electrons. The van der Waals surface area contributed by atoms with E-state index in [4.69, 9.17) is 5.11 Å². The summed E-state index contributed by atoms with van der Waals surface area (Å²) in [4.78, 5) is 11.3. The number of fused-ring (bicyclic) bond motifs is 5. The van der Waals surface area contributed by atoms with Crippen LogP contribution in [0.25, 0.3) is 0 Å². The lowest BCUT2D eigenvalue weighted by atomic mass is 9.44. The second-order valence-corrected chi connectivity index (χ2v) is 11.3. The maximum absolute atomic E-state index is 11.3. The Morgan fingerprint density at radius 3 is 2.29 bits per heavy atom. The Morgan fingerprint density at radius 1 is 0.964 bits per heavy atom. The second kappa shape index (κ2) is 8.28. The Balaban J connectivity index is 0.00000109. The van der Waals surface area contributed by atoms with E-state index in [-0.39, 0.29) is 0 Å². The molecule has 4 saturated carbocycles. The number of hydrogen-bond donors (Lipinski definition) is 2.